The molecule has 4 nitrogen and oxygen atoms in total. The molecule has 0 saturated carbocycles. The Labute approximate surface area is 135 Å². The minimum absolute atomic E-state index is 0.156. The maximum Gasteiger partial charge on any atom is 0.141 e. The van der Waals surface area contributed by atoms with E-state index in [2.05, 4.69) is 15.1 Å². The van der Waals surface area contributed by atoms with Crippen LogP contribution in [0.2, 0.25) is 0 Å². The van der Waals surface area contributed by atoms with Gasteiger partial charge in [-0.05, 0) is 31.9 Å². The summed E-state index contributed by atoms with van der Waals surface area (Å²) in [4.78, 5) is 14.9. The third-order valence-electron chi connectivity index (χ3n) is 4.11. The van der Waals surface area contributed by atoms with E-state index in [0.717, 1.165) is 48.1 Å². The predicted molar refractivity (Wildman–Crippen MR) is 87.8 cm³/mol. The van der Waals surface area contributed by atoms with E-state index < -0.39 is 0 Å². The molecule has 0 N–H and O–H groups in total. The lowest BCUT2D eigenvalue weighted by atomic mass is 9.90. The summed E-state index contributed by atoms with van der Waals surface area (Å²) in [6.45, 7) is 4.70. The van der Waals surface area contributed by atoms with Crippen LogP contribution in [-0.2, 0) is 17.8 Å². The number of benzene rings is 1. The number of hydrogen-bond acceptors (Lipinski definition) is 5. The minimum Gasteiger partial charge on any atom is -0.299 e. The molecule has 1 aromatic heterocycles. The standard InChI is InChI=1S/C17H21N3OS/c1-13-18-19-17(22-13)12-20-9-5-8-15(11-20)16(21)10-14-6-3-2-4-7-14/h2-4,6-7,15H,5,8-12H2,1H3/t15-/m0/s1. The normalized spacial score (nSPS) is 19.2. The number of hydrogen-bond donors (Lipinski definition) is 0. The van der Waals surface area contributed by atoms with Crippen LogP contribution >= 0.6 is 11.3 Å². The highest BCUT2D eigenvalue weighted by molar-refractivity contribution is 7.11. The van der Waals surface area contributed by atoms with Gasteiger partial charge >= 0.3 is 0 Å². The number of likely N-dealkylation sites (tertiary alicyclic amines) is 1. The van der Waals surface area contributed by atoms with E-state index in [1.807, 2.05) is 37.3 Å². The number of rotatable bonds is 5. The van der Waals surface area contributed by atoms with Crippen molar-refractivity contribution in [2.75, 3.05) is 13.1 Å². The van der Waals surface area contributed by atoms with E-state index in [-0.39, 0.29) is 5.92 Å². The molecule has 2 heterocycles. The molecule has 1 atom stereocenters. The van der Waals surface area contributed by atoms with Gasteiger partial charge in [0.2, 0.25) is 0 Å². The Morgan fingerprint density at radius 2 is 2.14 bits per heavy atom. The van der Waals surface area contributed by atoms with Crippen molar-refractivity contribution in [2.45, 2.75) is 32.7 Å². The molecule has 0 bridgehead atoms. The highest BCUT2D eigenvalue weighted by Crippen LogP contribution is 2.21. The van der Waals surface area contributed by atoms with Crippen molar-refractivity contribution in [1.82, 2.24) is 15.1 Å². The van der Waals surface area contributed by atoms with Crippen molar-refractivity contribution in [3.63, 3.8) is 0 Å². The molecule has 116 valence electrons. The molecule has 1 aromatic carbocycles. The summed E-state index contributed by atoms with van der Waals surface area (Å²) in [6.07, 6.45) is 2.65. The Kier molecular flexibility index (Phi) is 4.95. The molecule has 2 aromatic rings. The maximum atomic E-state index is 12.5. The van der Waals surface area contributed by atoms with Crippen LogP contribution in [0, 0.1) is 12.8 Å². The lowest BCUT2D eigenvalue weighted by Gasteiger charge is -2.31. The van der Waals surface area contributed by atoms with Crippen LogP contribution in [0.4, 0.5) is 0 Å². The number of aryl methyl sites for hydroxylation is 1. The highest BCUT2D eigenvalue weighted by Gasteiger charge is 2.26. The monoisotopic (exact) mass is 315 g/mol. The van der Waals surface area contributed by atoms with Gasteiger partial charge in [0.25, 0.3) is 0 Å². The summed E-state index contributed by atoms with van der Waals surface area (Å²) in [5.41, 5.74) is 1.12. The van der Waals surface area contributed by atoms with Crippen LogP contribution in [0.1, 0.15) is 28.4 Å². The molecule has 1 aliphatic rings. The summed E-state index contributed by atoms with van der Waals surface area (Å²) in [7, 11) is 0. The second kappa shape index (κ2) is 7.11. The van der Waals surface area contributed by atoms with Gasteiger partial charge in [-0.3, -0.25) is 9.69 Å². The molecule has 1 fully saturated rings. The fourth-order valence-electron chi connectivity index (χ4n) is 3.00. The van der Waals surface area contributed by atoms with Gasteiger partial charge < -0.3 is 0 Å². The summed E-state index contributed by atoms with van der Waals surface area (Å²) in [5, 5.41) is 10.3. The quantitative estimate of drug-likeness (QED) is 0.851. The number of Topliss-reactive ketones (excluding diaryl/α,β-unsaturated/α-hetero) is 1. The summed E-state index contributed by atoms with van der Waals surface area (Å²) >= 11 is 1.64. The second-order valence-corrected chi connectivity index (χ2v) is 7.18. The Morgan fingerprint density at radius 3 is 2.86 bits per heavy atom. The number of carbonyl (C=O) groups is 1. The highest BCUT2D eigenvalue weighted by atomic mass is 32.1. The molecule has 0 unspecified atom stereocenters. The third kappa shape index (κ3) is 3.99. The fourth-order valence-corrected chi connectivity index (χ4v) is 3.75. The van der Waals surface area contributed by atoms with Crippen molar-refractivity contribution < 1.29 is 4.79 Å². The van der Waals surface area contributed by atoms with Crippen LogP contribution in [0.3, 0.4) is 0 Å². The van der Waals surface area contributed by atoms with Crippen LogP contribution in [-0.4, -0.2) is 34.0 Å². The van der Waals surface area contributed by atoms with Crippen molar-refractivity contribution in [3.8, 4) is 0 Å². The first-order valence-corrected chi connectivity index (χ1v) is 8.60. The number of ketones is 1. The van der Waals surface area contributed by atoms with E-state index in [4.69, 9.17) is 0 Å². The van der Waals surface area contributed by atoms with Crippen molar-refractivity contribution in [1.29, 1.82) is 0 Å². The first-order valence-electron chi connectivity index (χ1n) is 7.78. The van der Waals surface area contributed by atoms with Gasteiger partial charge in [0, 0.05) is 18.9 Å². The maximum absolute atomic E-state index is 12.5. The van der Waals surface area contributed by atoms with Gasteiger partial charge in [-0.15, -0.1) is 21.5 Å². The summed E-state index contributed by atoms with van der Waals surface area (Å²) < 4.78 is 0. The first-order chi connectivity index (χ1) is 10.7. The fraction of sp³-hybridized carbons (Fsp3) is 0.471. The molecule has 5 heteroatoms. The van der Waals surface area contributed by atoms with Crippen LogP contribution in [0.5, 0.6) is 0 Å². The molecule has 1 saturated heterocycles. The minimum atomic E-state index is 0.156. The Bertz CT molecular complexity index is 626. The first kappa shape index (κ1) is 15.3. The molecule has 0 aliphatic carbocycles. The topological polar surface area (TPSA) is 46.1 Å². The van der Waals surface area contributed by atoms with Crippen LogP contribution in [0.15, 0.2) is 30.3 Å². The molecular weight excluding hydrogens is 294 g/mol. The van der Waals surface area contributed by atoms with Crippen molar-refractivity contribution >= 4 is 17.1 Å². The zero-order valence-electron chi connectivity index (χ0n) is 12.9. The van der Waals surface area contributed by atoms with Crippen LogP contribution in [0.25, 0.3) is 0 Å². The van der Waals surface area contributed by atoms with Crippen LogP contribution < -0.4 is 0 Å². The van der Waals surface area contributed by atoms with E-state index >= 15 is 0 Å². The van der Waals surface area contributed by atoms with Gasteiger partial charge in [-0.25, -0.2) is 0 Å². The number of piperidine rings is 1. The Morgan fingerprint density at radius 1 is 1.32 bits per heavy atom. The smallest absolute Gasteiger partial charge is 0.141 e. The van der Waals surface area contributed by atoms with Gasteiger partial charge in [0.05, 0.1) is 6.54 Å². The van der Waals surface area contributed by atoms with E-state index in [9.17, 15) is 4.79 Å². The average molecular weight is 315 g/mol. The molecule has 0 radical (unpaired) electrons. The zero-order valence-corrected chi connectivity index (χ0v) is 13.7. The molecule has 0 spiro atoms. The van der Waals surface area contributed by atoms with Gasteiger partial charge in [-0.1, -0.05) is 30.3 Å². The van der Waals surface area contributed by atoms with E-state index in [1.165, 1.54) is 0 Å². The molecule has 22 heavy (non-hydrogen) atoms. The Hall–Kier alpha value is -1.59. The molecule has 3 rings (SSSR count). The molecule has 1 aliphatic heterocycles. The van der Waals surface area contributed by atoms with Gasteiger partial charge in [0.15, 0.2) is 0 Å². The van der Waals surface area contributed by atoms with Crippen molar-refractivity contribution in [2.24, 2.45) is 5.92 Å². The van der Waals surface area contributed by atoms with Gasteiger partial charge in [-0.2, -0.15) is 0 Å². The lowest BCUT2D eigenvalue weighted by molar-refractivity contribution is -0.123. The third-order valence-corrected chi connectivity index (χ3v) is 4.93. The largest absolute Gasteiger partial charge is 0.299 e. The Balaban J connectivity index is 1.57. The number of carbonyl (C=O) groups excluding carboxylic acids is 1. The summed E-state index contributed by atoms with van der Waals surface area (Å²) in [6, 6.07) is 10.0. The van der Waals surface area contributed by atoms with Crippen molar-refractivity contribution in [3.05, 3.63) is 45.9 Å². The predicted octanol–water partition coefficient (Wildman–Crippen LogP) is 2.87. The SMILES string of the molecule is Cc1nnc(CN2CCC[C@H](C(=O)Cc3ccccc3)C2)s1. The average Bonchev–Trinajstić information content (AvgIpc) is 2.93. The number of nitrogens with zero attached hydrogens (tertiary/aromatic N) is 3. The van der Waals surface area contributed by atoms with Gasteiger partial charge in [0.1, 0.15) is 15.8 Å². The zero-order chi connectivity index (χ0) is 15.4. The molecular formula is C17H21N3OS. The van der Waals surface area contributed by atoms with E-state index in [0.29, 0.717) is 12.2 Å². The second-order valence-electron chi connectivity index (χ2n) is 5.92. The summed E-state index contributed by atoms with van der Waals surface area (Å²) in [5.74, 6) is 0.521. The number of aromatic nitrogens is 2. The molecule has 0 amide bonds. The van der Waals surface area contributed by atoms with E-state index in [1.54, 1.807) is 11.3 Å². The lowest BCUT2D eigenvalue weighted by Crippen LogP contribution is -2.38.